The van der Waals surface area contributed by atoms with Crippen molar-refractivity contribution in [3.05, 3.63) is 70.1 Å². The van der Waals surface area contributed by atoms with Crippen LogP contribution in [0.15, 0.2) is 58.4 Å². The number of benzene rings is 1. The molecule has 9 rings (SSSR count). The molecule has 332 valence electrons. The van der Waals surface area contributed by atoms with E-state index in [4.69, 9.17) is 9.73 Å². The third-order valence-corrected chi connectivity index (χ3v) is 18.8. The molecule has 3 N–H and O–H groups in total. The standard InChI is InChI=1S/C53H74N2O6/c1-30-21-31(2)23-33(22-30)25-35-28-55(38-17-19-54-44(35)38)29-37-43-42(32(3)24-39(57)48-49(4,5)61-48)40(58)27-52(43,8)51(7)18-16-41-50(6,46(51)45(37)59)26-34(13-12-20-56)47(60)53(41,9)36-14-10-11-15-36/h17,19,21-23,28,32,34,36-39,41,45-46,48,56-57,59H,10-16,18,20,24-27,29H2,1-9H3. The highest BCUT2D eigenvalue weighted by Gasteiger charge is 2.74. The van der Waals surface area contributed by atoms with E-state index in [1.165, 1.54) is 22.3 Å². The summed E-state index contributed by atoms with van der Waals surface area (Å²) in [4.78, 5) is 37.3. The van der Waals surface area contributed by atoms with E-state index in [1.54, 1.807) is 0 Å². The third kappa shape index (κ3) is 6.59. The number of allylic oxidation sites excluding steroid dienone is 1. The molecule has 1 saturated heterocycles. The van der Waals surface area contributed by atoms with Crippen molar-refractivity contribution in [1.29, 1.82) is 0 Å². The van der Waals surface area contributed by atoms with Crippen molar-refractivity contribution in [2.24, 2.45) is 62.2 Å². The Morgan fingerprint density at radius 1 is 1.00 bits per heavy atom. The van der Waals surface area contributed by atoms with Gasteiger partial charge < -0.3 is 25.0 Å². The van der Waals surface area contributed by atoms with E-state index in [1.807, 2.05) is 20.0 Å². The monoisotopic (exact) mass is 835 g/mol. The summed E-state index contributed by atoms with van der Waals surface area (Å²) in [6.45, 7) is 20.5. The maximum Gasteiger partial charge on any atom is 0.160 e. The topological polar surface area (TPSA) is 123 Å². The van der Waals surface area contributed by atoms with Crippen LogP contribution in [-0.2, 0) is 20.7 Å². The number of aliphatic hydroxyl groups is 3. The van der Waals surface area contributed by atoms with Crippen LogP contribution in [0.2, 0.25) is 0 Å². The minimum atomic E-state index is -0.758. The zero-order valence-corrected chi connectivity index (χ0v) is 38.6. The Labute approximate surface area is 365 Å². The minimum Gasteiger partial charge on any atom is -0.396 e. The van der Waals surface area contributed by atoms with Crippen LogP contribution in [0.25, 0.3) is 0 Å². The first-order valence-electron chi connectivity index (χ1n) is 24.0. The number of fused-ring (bicyclic) bond motifs is 6. The lowest BCUT2D eigenvalue weighted by atomic mass is 9.33. The molecule has 5 aliphatic carbocycles. The Kier molecular flexibility index (Phi) is 10.7. The lowest BCUT2D eigenvalue weighted by Crippen LogP contribution is -2.70. The molecule has 8 heteroatoms. The summed E-state index contributed by atoms with van der Waals surface area (Å²) in [7, 11) is 0. The number of epoxide rings is 1. The molecule has 4 saturated carbocycles. The lowest BCUT2D eigenvalue weighted by Gasteiger charge is -2.71. The van der Waals surface area contributed by atoms with E-state index in [0.717, 1.165) is 61.8 Å². The second-order valence-electron chi connectivity index (χ2n) is 22.9. The Morgan fingerprint density at radius 3 is 2.34 bits per heavy atom. The van der Waals surface area contributed by atoms with Gasteiger partial charge in [-0.1, -0.05) is 76.8 Å². The number of Topliss-reactive ketones (excluding diaryl/α,β-unsaturated/α-hetero) is 2. The van der Waals surface area contributed by atoms with Gasteiger partial charge in [-0.3, -0.25) is 14.6 Å². The average Bonchev–Trinajstić information content (AvgIpc) is 3.76. The molecule has 61 heavy (non-hydrogen) atoms. The quantitative estimate of drug-likeness (QED) is 0.180. The third-order valence-electron chi connectivity index (χ3n) is 18.8. The number of hydrogen-bond donors (Lipinski definition) is 3. The zero-order valence-electron chi connectivity index (χ0n) is 38.6. The molecule has 3 aliphatic heterocycles. The zero-order chi connectivity index (χ0) is 43.6. The van der Waals surface area contributed by atoms with E-state index in [2.05, 4.69) is 83.8 Å². The van der Waals surface area contributed by atoms with E-state index >= 15 is 0 Å². The van der Waals surface area contributed by atoms with Crippen LogP contribution >= 0.6 is 0 Å². The molecule has 0 spiro atoms. The Morgan fingerprint density at radius 2 is 1.69 bits per heavy atom. The summed E-state index contributed by atoms with van der Waals surface area (Å²) in [5.74, 6) is 0.160. The van der Waals surface area contributed by atoms with Crippen molar-refractivity contribution < 1.29 is 29.6 Å². The van der Waals surface area contributed by atoms with Crippen LogP contribution in [0.1, 0.15) is 136 Å². The number of ether oxygens (including phenoxy) is 1. The molecule has 13 atom stereocenters. The highest BCUT2D eigenvalue weighted by molar-refractivity contribution is 6.09. The number of rotatable bonds is 12. The molecular formula is C53H74N2O6. The fraction of sp³-hybridized carbons (Fsp3) is 0.717. The number of hydrogen-bond acceptors (Lipinski definition) is 8. The molecule has 1 aromatic rings. The number of carbonyl (C=O) groups is 2. The van der Waals surface area contributed by atoms with Crippen LogP contribution in [0.5, 0.6) is 0 Å². The van der Waals surface area contributed by atoms with Crippen LogP contribution in [0, 0.1) is 71.0 Å². The molecule has 0 aromatic heterocycles. The number of ketones is 2. The molecule has 3 heterocycles. The van der Waals surface area contributed by atoms with Gasteiger partial charge in [0.05, 0.1) is 29.6 Å². The van der Waals surface area contributed by atoms with E-state index in [-0.39, 0.29) is 65.1 Å². The van der Waals surface area contributed by atoms with Gasteiger partial charge in [-0.15, -0.1) is 0 Å². The van der Waals surface area contributed by atoms with Crippen molar-refractivity contribution in [3.63, 3.8) is 0 Å². The van der Waals surface area contributed by atoms with Crippen molar-refractivity contribution in [3.8, 4) is 0 Å². The van der Waals surface area contributed by atoms with Gasteiger partial charge in [-0.2, -0.15) is 0 Å². The first-order chi connectivity index (χ1) is 28.8. The smallest absolute Gasteiger partial charge is 0.160 e. The summed E-state index contributed by atoms with van der Waals surface area (Å²) in [6.07, 6.45) is 14.5. The van der Waals surface area contributed by atoms with Gasteiger partial charge in [-0.25, -0.2) is 0 Å². The first kappa shape index (κ1) is 43.3. The van der Waals surface area contributed by atoms with Crippen molar-refractivity contribution >= 4 is 17.3 Å². The van der Waals surface area contributed by atoms with Gasteiger partial charge in [0.2, 0.25) is 0 Å². The van der Waals surface area contributed by atoms with Crippen LogP contribution in [0.3, 0.4) is 0 Å². The first-order valence-corrected chi connectivity index (χ1v) is 24.0. The summed E-state index contributed by atoms with van der Waals surface area (Å²) in [5, 5.41) is 35.3. The number of aryl methyl sites for hydroxylation is 2. The number of nitrogens with zero attached hydrogens (tertiary/aromatic N) is 2. The summed E-state index contributed by atoms with van der Waals surface area (Å²) < 4.78 is 5.90. The summed E-state index contributed by atoms with van der Waals surface area (Å²) >= 11 is 0. The SMILES string of the molecule is Cc1cc(C)cc(CC2=CN(CC3C4=C(C(C)CC(O)C5OC5(C)C)C(=O)CC4(C)C4(C)CCC5C(C)(CC(CCCO)C(=O)C5(C)C5CCCC5)C4C3O)C3C=CN=C23)c1. The molecule has 0 bridgehead atoms. The predicted molar refractivity (Wildman–Crippen MR) is 240 cm³/mol. The summed E-state index contributed by atoms with van der Waals surface area (Å²) in [6, 6.07) is 6.69. The van der Waals surface area contributed by atoms with Crippen molar-refractivity contribution in [2.75, 3.05) is 13.2 Å². The molecule has 0 amide bonds. The second-order valence-corrected chi connectivity index (χ2v) is 22.9. The Bertz CT molecular complexity index is 2070. The normalized spacial score (nSPS) is 41.0. The minimum absolute atomic E-state index is 0.0437. The predicted octanol–water partition coefficient (Wildman–Crippen LogP) is 8.81. The van der Waals surface area contributed by atoms with Crippen molar-refractivity contribution in [2.45, 2.75) is 169 Å². The van der Waals surface area contributed by atoms with Gasteiger partial charge >= 0.3 is 0 Å². The number of carbonyl (C=O) groups excluding carboxylic acids is 2. The van der Waals surface area contributed by atoms with E-state index in [0.29, 0.717) is 50.4 Å². The highest BCUT2D eigenvalue weighted by Crippen LogP contribution is 2.76. The highest BCUT2D eigenvalue weighted by atomic mass is 16.6. The maximum atomic E-state index is 15.0. The molecule has 8 nitrogen and oxygen atoms in total. The summed E-state index contributed by atoms with van der Waals surface area (Å²) in [5.41, 5.74) is 5.78. The number of aliphatic imine (C=N–C) groups is 1. The lowest BCUT2D eigenvalue weighted by molar-refractivity contribution is -0.233. The van der Waals surface area contributed by atoms with E-state index < -0.39 is 28.5 Å². The maximum absolute atomic E-state index is 15.0. The molecule has 13 unspecified atom stereocenters. The Hall–Kier alpha value is -2.91. The van der Waals surface area contributed by atoms with Gasteiger partial charge in [0, 0.05) is 61.1 Å². The molecule has 1 aromatic carbocycles. The average molecular weight is 835 g/mol. The van der Waals surface area contributed by atoms with Crippen LogP contribution < -0.4 is 0 Å². The van der Waals surface area contributed by atoms with Crippen LogP contribution in [0.4, 0.5) is 0 Å². The van der Waals surface area contributed by atoms with E-state index in [9.17, 15) is 24.9 Å². The van der Waals surface area contributed by atoms with Crippen molar-refractivity contribution in [1.82, 2.24) is 4.90 Å². The fourth-order valence-electron chi connectivity index (χ4n) is 16.2. The Balaban J connectivity index is 1.16. The number of aliphatic hydroxyl groups excluding tert-OH is 3. The second kappa shape index (κ2) is 15.1. The van der Waals surface area contributed by atoms with Gasteiger partial charge in [0.15, 0.2) is 5.78 Å². The van der Waals surface area contributed by atoms with Gasteiger partial charge in [0.25, 0.3) is 0 Å². The molecule has 8 aliphatic rings. The van der Waals surface area contributed by atoms with Gasteiger partial charge in [0.1, 0.15) is 11.9 Å². The fourth-order valence-corrected chi connectivity index (χ4v) is 16.2. The molecule has 0 radical (unpaired) electrons. The largest absolute Gasteiger partial charge is 0.396 e. The van der Waals surface area contributed by atoms with Crippen LogP contribution in [-0.4, -0.2) is 80.6 Å². The van der Waals surface area contributed by atoms with Gasteiger partial charge in [-0.05, 0) is 142 Å². The molecular weight excluding hydrogens is 761 g/mol. The molecule has 5 fully saturated rings.